The average Bonchev–Trinajstić information content (AvgIpc) is 2.93. The van der Waals surface area contributed by atoms with E-state index in [1.165, 1.54) is 69.1 Å². The van der Waals surface area contributed by atoms with Gasteiger partial charge in [-0.3, -0.25) is 0 Å². The molecule has 1 aromatic carbocycles. The molecule has 0 aromatic heterocycles. The van der Waals surface area contributed by atoms with E-state index in [1.807, 2.05) is 0 Å². The van der Waals surface area contributed by atoms with Gasteiger partial charge in [0, 0.05) is 12.2 Å². The molecule has 5 nitrogen and oxygen atoms in total. The molecule has 2 rings (SSSR count). The number of carbonyl (C=O) groups excluding carboxylic acids is 2. The van der Waals surface area contributed by atoms with E-state index in [4.69, 9.17) is 14.2 Å². The van der Waals surface area contributed by atoms with Crippen LogP contribution < -0.4 is 4.74 Å². The number of hydrogen-bond acceptors (Lipinski definition) is 5. The maximum absolute atomic E-state index is 11.0. The standard InChI is InChI=1S/C32H48O5/c1-3-31(33)36-25-13-8-5-7-11-15-27-16-18-28(19-17-27)29-20-22-30(23-21-29)35-24-12-9-6-10-14-26-37-32(34)4-2/h3-4,20-23,27-28H,1-2,5-19,24-26H2. The van der Waals surface area contributed by atoms with E-state index in [-0.39, 0.29) is 11.9 Å². The zero-order valence-corrected chi connectivity index (χ0v) is 22.8. The van der Waals surface area contributed by atoms with Crippen LogP contribution in [0.4, 0.5) is 0 Å². The van der Waals surface area contributed by atoms with Gasteiger partial charge in [-0.2, -0.15) is 0 Å². The first-order valence-electron chi connectivity index (χ1n) is 14.4. The van der Waals surface area contributed by atoms with Gasteiger partial charge < -0.3 is 14.2 Å². The predicted octanol–water partition coefficient (Wildman–Crippen LogP) is 8.09. The smallest absolute Gasteiger partial charge is 0.330 e. The number of esters is 2. The van der Waals surface area contributed by atoms with Crippen LogP contribution in [0.15, 0.2) is 49.6 Å². The largest absolute Gasteiger partial charge is 0.494 e. The van der Waals surface area contributed by atoms with Crippen LogP contribution in [0, 0.1) is 5.92 Å². The van der Waals surface area contributed by atoms with Crippen LogP contribution in [0.5, 0.6) is 5.75 Å². The molecule has 0 atom stereocenters. The zero-order chi connectivity index (χ0) is 26.6. The van der Waals surface area contributed by atoms with Crippen molar-refractivity contribution < 1.29 is 23.8 Å². The summed E-state index contributed by atoms with van der Waals surface area (Å²) in [5.74, 6) is 1.88. The summed E-state index contributed by atoms with van der Waals surface area (Å²) in [4.78, 5) is 22.0. The molecule has 0 saturated heterocycles. The normalized spacial score (nSPS) is 17.1. The first-order chi connectivity index (χ1) is 18.1. The molecule has 0 spiro atoms. The second-order valence-electron chi connectivity index (χ2n) is 10.2. The summed E-state index contributed by atoms with van der Waals surface area (Å²) < 4.78 is 15.9. The van der Waals surface area contributed by atoms with Crippen LogP contribution in [0.3, 0.4) is 0 Å². The summed E-state index contributed by atoms with van der Waals surface area (Å²) in [6, 6.07) is 8.79. The topological polar surface area (TPSA) is 61.8 Å². The van der Waals surface area contributed by atoms with Crippen molar-refractivity contribution in [3.8, 4) is 5.75 Å². The van der Waals surface area contributed by atoms with Gasteiger partial charge in [0.05, 0.1) is 19.8 Å². The molecule has 1 aliphatic rings. The van der Waals surface area contributed by atoms with Crippen LogP contribution >= 0.6 is 0 Å². The van der Waals surface area contributed by atoms with E-state index < -0.39 is 0 Å². The van der Waals surface area contributed by atoms with E-state index in [1.54, 1.807) is 0 Å². The lowest BCUT2D eigenvalue weighted by molar-refractivity contribution is -0.138. The van der Waals surface area contributed by atoms with Gasteiger partial charge in [0.15, 0.2) is 0 Å². The summed E-state index contributed by atoms with van der Waals surface area (Å²) in [6.07, 6.45) is 20.3. The molecule has 0 aliphatic heterocycles. The van der Waals surface area contributed by atoms with Gasteiger partial charge in [0.25, 0.3) is 0 Å². The molecule has 1 aromatic rings. The first kappa shape index (κ1) is 30.7. The lowest BCUT2D eigenvalue weighted by atomic mass is 9.77. The fourth-order valence-corrected chi connectivity index (χ4v) is 5.07. The quantitative estimate of drug-likeness (QED) is 0.100. The summed E-state index contributed by atoms with van der Waals surface area (Å²) in [5.41, 5.74) is 1.46. The van der Waals surface area contributed by atoms with Crippen molar-refractivity contribution in [2.75, 3.05) is 19.8 Å². The summed E-state index contributed by atoms with van der Waals surface area (Å²) in [7, 11) is 0. The molecule has 0 radical (unpaired) electrons. The first-order valence-corrected chi connectivity index (χ1v) is 14.4. The molecule has 1 fully saturated rings. The van der Waals surface area contributed by atoms with Crippen molar-refractivity contribution >= 4 is 11.9 Å². The highest BCUT2D eigenvalue weighted by Crippen LogP contribution is 2.38. The Hall–Kier alpha value is -2.56. The highest BCUT2D eigenvalue weighted by atomic mass is 16.5. The van der Waals surface area contributed by atoms with Gasteiger partial charge in [-0.05, 0) is 74.5 Å². The van der Waals surface area contributed by atoms with E-state index in [9.17, 15) is 9.59 Å². The SMILES string of the molecule is C=CC(=O)OCCCCCCCOc1ccc(C2CCC(CCCCCCCOC(=O)C=C)CC2)cc1. The van der Waals surface area contributed by atoms with Gasteiger partial charge in [0.1, 0.15) is 5.75 Å². The summed E-state index contributed by atoms with van der Waals surface area (Å²) in [5, 5.41) is 0. The zero-order valence-electron chi connectivity index (χ0n) is 22.8. The minimum absolute atomic E-state index is 0.318. The minimum Gasteiger partial charge on any atom is -0.494 e. The molecular formula is C32H48O5. The summed E-state index contributed by atoms with van der Waals surface area (Å²) >= 11 is 0. The second kappa shape index (κ2) is 19.5. The van der Waals surface area contributed by atoms with E-state index >= 15 is 0 Å². The Balaban J connectivity index is 1.47. The van der Waals surface area contributed by atoms with E-state index in [0.29, 0.717) is 19.1 Å². The van der Waals surface area contributed by atoms with Crippen LogP contribution in [0.1, 0.15) is 108 Å². The third-order valence-electron chi connectivity index (χ3n) is 7.33. The molecule has 206 valence electrons. The maximum Gasteiger partial charge on any atom is 0.330 e. The number of benzene rings is 1. The molecule has 0 unspecified atom stereocenters. The molecule has 0 amide bonds. The van der Waals surface area contributed by atoms with Crippen LogP contribution in [0.25, 0.3) is 0 Å². The Kier molecular flexibility index (Phi) is 16.2. The molecular weight excluding hydrogens is 464 g/mol. The second-order valence-corrected chi connectivity index (χ2v) is 10.2. The van der Waals surface area contributed by atoms with E-state index in [2.05, 4.69) is 37.4 Å². The number of ether oxygens (including phenoxy) is 3. The highest BCUT2D eigenvalue weighted by molar-refractivity contribution is 5.81. The Bertz CT molecular complexity index is 777. The van der Waals surface area contributed by atoms with E-state index in [0.717, 1.165) is 63.2 Å². The Morgan fingerprint density at radius 1 is 0.676 bits per heavy atom. The van der Waals surface area contributed by atoms with Gasteiger partial charge in [-0.25, -0.2) is 9.59 Å². The highest BCUT2D eigenvalue weighted by Gasteiger charge is 2.22. The molecule has 0 heterocycles. The maximum atomic E-state index is 11.0. The van der Waals surface area contributed by atoms with Crippen molar-refractivity contribution in [3.05, 3.63) is 55.1 Å². The fourth-order valence-electron chi connectivity index (χ4n) is 5.07. The number of hydrogen-bond donors (Lipinski definition) is 0. The molecule has 0 bridgehead atoms. The summed E-state index contributed by atoms with van der Waals surface area (Å²) in [6.45, 7) is 8.54. The van der Waals surface area contributed by atoms with Crippen molar-refractivity contribution in [2.24, 2.45) is 5.92 Å². The van der Waals surface area contributed by atoms with Crippen LogP contribution in [0.2, 0.25) is 0 Å². The average molecular weight is 513 g/mol. The van der Waals surface area contributed by atoms with Gasteiger partial charge in [-0.15, -0.1) is 0 Å². The fraction of sp³-hybridized carbons (Fsp3) is 0.625. The van der Waals surface area contributed by atoms with Crippen LogP contribution in [-0.2, 0) is 19.1 Å². The van der Waals surface area contributed by atoms with Gasteiger partial charge in [-0.1, -0.05) is 76.7 Å². The lowest BCUT2D eigenvalue weighted by Crippen LogP contribution is -2.13. The molecule has 5 heteroatoms. The number of rotatable bonds is 20. The predicted molar refractivity (Wildman–Crippen MR) is 150 cm³/mol. The third-order valence-corrected chi connectivity index (χ3v) is 7.33. The number of carbonyl (C=O) groups is 2. The third kappa shape index (κ3) is 14.1. The van der Waals surface area contributed by atoms with Gasteiger partial charge in [0.2, 0.25) is 0 Å². The van der Waals surface area contributed by atoms with Crippen molar-refractivity contribution in [3.63, 3.8) is 0 Å². The van der Waals surface area contributed by atoms with Crippen LogP contribution in [-0.4, -0.2) is 31.8 Å². The molecule has 1 aliphatic carbocycles. The molecule has 37 heavy (non-hydrogen) atoms. The molecule has 0 N–H and O–H groups in total. The van der Waals surface area contributed by atoms with Gasteiger partial charge >= 0.3 is 11.9 Å². The minimum atomic E-state index is -0.339. The van der Waals surface area contributed by atoms with Crippen molar-refractivity contribution in [1.82, 2.24) is 0 Å². The molecule has 1 saturated carbocycles. The Morgan fingerprint density at radius 2 is 1.16 bits per heavy atom. The Labute approximate surface area is 224 Å². The Morgan fingerprint density at radius 3 is 1.70 bits per heavy atom. The van der Waals surface area contributed by atoms with Crippen molar-refractivity contribution in [2.45, 2.75) is 102 Å². The van der Waals surface area contributed by atoms with Crippen molar-refractivity contribution in [1.29, 1.82) is 0 Å². The number of unbranched alkanes of at least 4 members (excludes halogenated alkanes) is 8. The monoisotopic (exact) mass is 512 g/mol. The lowest BCUT2D eigenvalue weighted by Gasteiger charge is -2.29.